The van der Waals surface area contributed by atoms with E-state index >= 15 is 0 Å². The van der Waals surface area contributed by atoms with E-state index in [1.807, 2.05) is 20.8 Å². The molecule has 0 aliphatic heterocycles. The summed E-state index contributed by atoms with van der Waals surface area (Å²) >= 11 is 0. The van der Waals surface area contributed by atoms with E-state index in [0.717, 1.165) is 0 Å². The number of hydrogen-bond acceptors (Lipinski definition) is 3. The fourth-order valence-corrected chi connectivity index (χ4v) is 1.82. The van der Waals surface area contributed by atoms with Gasteiger partial charge in [-0.3, -0.25) is 9.59 Å². The molecule has 0 atom stereocenters. The van der Waals surface area contributed by atoms with Gasteiger partial charge in [-0.2, -0.15) is 0 Å². The summed E-state index contributed by atoms with van der Waals surface area (Å²) in [5.41, 5.74) is 6.64. The molecule has 3 N–H and O–H groups in total. The summed E-state index contributed by atoms with van der Waals surface area (Å²) in [5.74, 6) is -0.352. The number of benzene rings is 1. The van der Waals surface area contributed by atoms with Crippen molar-refractivity contribution >= 4 is 17.5 Å². The molecule has 2 amide bonds. The monoisotopic (exact) mass is 263 g/mol. The molecule has 0 heterocycles. The van der Waals surface area contributed by atoms with Crippen molar-refractivity contribution in [3.63, 3.8) is 0 Å². The van der Waals surface area contributed by atoms with Crippen LogP contribution in [0.3, 0.4) is 0 Å². The Bertz CT molecular complexity index is 441. The molecule has 5 heteroatoms. The molecule has 1 rings (SSSR count). The number of nitrogens with two attached hydrogens (primary N) is 1. The first-order valence-electron chi connectivity index (χ1n) is 6.39. The molecule has 0 spiro atoms. The molecule has 0 saturated carbocycles. The summed E-state index contributed by atoms with van der Waals surface area (Å²) in [6, 6.07) is 6.71. The van der Waals surface area contributed by atoms with Crippen LogP contribution in [0.25, 0.3) is 0 Å². The summed E-state index contributed by atoms with van der Waals surface area (Å²) in [5, 5.41) is 2.62. The molecule has 19 heavy (non-hydrogen) atoms. The Hall–Kier alpha value is -2.04. The van der Waals surface area contributed by atoms with Crippen LogP contribution in [0.1, 0.15) is 31.1 Å². The van der Waals surface area contributed by atoms with E-state index in [9.17, 15) is 9.59 Å². The van der Waals surface area contributed by atoms with E-state index in [2.05, 4.69) is 5.32 Å². The van der Waals surface area contributed by atoms with Crippen molar-refractivity contribution < 1.29 is 9.59 Å². The van der Waals surface area contributed by atoms with Gasteiger partial charge in [0, 0.05) is 23.8 Å². The minimum absolute atomic E-state index is 0.00916. The Morgan fingerprint density at radius 3 is 2.32 bits per heavy atom. The van der Waals surface area contributed by atoms with Crippen LogP contribution < -0.4 is 11.1 Å². The van der Waals surface area contributed by atoms with Crippen LogP contribution in [0.2, 0.25) is 0 Å². The summed E-state index contributed by atoms with van der Waals surface area (Å²) in [6.07, 6.45) is 0. The normalized spacial score (nSPS) is 10.3. The minimum Gasteiger partial charge on any atom is -0.399 e. The molecular weight excluding hydrogens is 242 g/mol. The van der Waals surface area contributed by atoms with Gasteiger partial charge in [-0.25, -0.2) is 0 Å². The van der Waals surface area contributed by atoms with E-state index in [1.54, 1.807) is 29.2 Å². The van der Waals surface area contributed by atoms with Crippen molar-refractivity contribution in [1.82, 2.24) is 10.2 Å². The number of nitrogen functional groups attached to an aromatic ring is 1. The van der Waals surface area contributed by atoms with E-state index in [-0.39, 0.29) is 24.4 Å². The van der Waals surface area contributed by atoms with E-state index < -0.39 is 0 Å². The largest absolute Gasteiger partial charge is 0.399 e. The molecule has 0 unspecified atom stereocenters. The minimum atomic E-state index is -0.270. The average Bonchev–Trinajstić information content (AvgIpc) is 2.37. The first-order chi connectivity index (χ1) is 8.95. The molecule has 0 aromatic heterocycles. The number of carbonyl (C=O) groups excluding carboxylic acids is 2. The molecule has 0 aliphatic carbocycles. The third kappa shape index (κ3) is 4.28. The highest BCUT2D eigenvalue weighted by atomic mass is 16.2. The Morgan fingerprint density at radius 1 is 1.26 bits per heavy atom. The molecule has 0 bridgehead atoms. The van der Waals surface area contributed by atoms with E-state index in [0.29, 0.717) is 17.8 Å². The second-order valence-corrected chi connectivity index (χ2v) is 4.58. The average molecular weight is 263 g/mol. The van der Waals surface area contributed by atoms with Gasteiger partial charge in [-0.15, -0.1) is 0 Å². The van der Waals surface area contributed by atoms with Gasteiger partial charge >= 0.3 is 0 Å². The fourth-order valence-electron chi connectivity index (χ4n) is 1.82. The van der Waals surface area contributed by atoms with Crippen molar-refractivity contribution in [1.29, 1.82) is 0 Å². The van der Waals surface area contributed by atoms with Crippen LogP contribution in [-0.4, -0.2) is 35.8 Å². The zero-order valence-electron chi connectivity index (χ0n) is 11.6. The Kier molecular flexibility index (Phi) is 5.36. The first-order valence-corrected chi connectivity index (χ1v) is 6.39. The molecule has 104 valence electrons. The molecule has 0 aliphatic rings. The number of rotatable bonds is 5. The Balaban J connectivity index is 2.54. The SMILES string of the molecule is CCN(C(=O)CNC(=O)c1ccc(N)cc1)C(C)C. The smallest absolute Gasteiger partial charge is 0.251 e. The third-order valence-corrected chi connectivity index (χ3v) is 2.86. The van der Waals surface area contributed by atoms with Gasteiger partial charge in [-0.05, 0) is 45.0 Å². The zero-order chi connectivity index (χ0) is 14.4. The Morgan fingerprint density at radius 2 is 1.84 bits per heavy atom. The van der Waals surface area contributed by atoms with Crippen molar-refractivity contribution in [2.45, 2.75) is 26.8 Å². The lowest BCUT2D eigenvalue weighted by Gasteiger charge is -2.25. The fraction of sp³-hybridized carbons (Fsp3) is 0.429. The lowest BCUT2D eigenvalue weighted by Crippen LogP contribution is -2.43. The van der Waals surface area contributed by atoms with Crippen LogP contribution in [0.5, 0.6) is 0 Å². The van der Waals surface area contributed by atoms with Crippen LogP contribution in [0, 0.1) is 0 Å². The maximum atomic E-state index is 11.9. The van der Waals surface area contributed by atoms with Gasteiger partial charge in [0.15, 0.2) is 0 Å². The first kappa shape index (κ1) is 15.0. The molecule has 1 aromatic carbocycles. The lowest BCUT2D eigenvalue weighted by atomic mass is 10.2. The number of carbonyl (C=O) groups is 2. The van der Waals surface area contributed by atoms with Crippen LogP contribution in [0.15, 0.2) is 24.3 Å². The molecule has 0 saturated heterocycles. The van der Waals surface area contributed by atoms with Gasteiger partial charge in [0.05, 0.1) is 6.54 Å². The summed E-state index contributed by atoms with van der Waals surface area (Å²) in [6.45, 7) is 6.45. The van der Waals surface area contributed by atoms with Crippen molar-refractivity contribution in [3.05, 3.63) is 29.8 Å². The summed E-state index contributed by atoms with van der Waals surface area (Å²) in [4.78, 5) is 25.4. The van der Waals surface area contributed by atoms with Crippen LogP contribution in [0.4, 0.5) is 5.69 Å². The number of hydrogen-bond donors (Lipinski definition) is 2. The maximum absolute atomic E-state index is 11.9. The highest BCUT2D eigenvalue weighted by Gasteiger charge is 2.15. The van der Waals surface area contributed by atoms with Crippen LogP contribution in [-0.2, 0) is 4.79 Å². The van der Waals surface area contributed by atoms with E-state index in [4.69, 9.17) is 5.73 Å². The number of nitrogens with one attached hydrogen (secondary N) is 1. The number of anilines is 1. The topological polar surface area (TPSA) is 75.4 Å². The zero-order valence-corrected chi connectivity index (χ0v) is 11.6. The van der Waals surface area contributed by atoms with Gasteiger partial charge < -0.3 is 16.0 Å². The second-order valence-electron chi connectivity index (χ2n) is 4.58. The lowest BCUT2D eigenvalue weighted by molar-refractivity contribution is -0.131. The third-order valence-electron chi connectivity index (χ3n) is 2.86. The molecule has 0 radical (unpaired) electrons. The quantitative estimate of drug-likeness (QED) is 0.785. The molecular formula is C14H21N3O2. The molecule has 5 nitrogen and oxygen atoms in total. The highest BCUT2D eigenvalue weighted by molar-refractivity contribution is 5.96. The second kappa shape index (κ2) is 6.78. The van der Waals surface area contributed by atoms with Gasteiger partial charge in [0.1, 0.15) is 0 Å². The predicted octanol–water partition coefficient (Wildman–Crippen LogP) is 1.26. The van der Waals surface area contributed by atoms with Gasteiger partial charge in [0.2, 0.25) is 5.91 Å². The maximum Gasteiger partial charge on any atom is 0.251 e. The Labute approximate surface area is 113 Å². The summed E-state index contributed by atoms with van der Waals surface area (Å²) in [7, 11) is 0. The molecule has 0 fully saturated rings. The van der Waals surface area contributed by atoms with Crippen molar-refractivity contribution in [2.24, 2.45) is 0 Å². The standard InChI is InChI=1S/C14H21N3O2/c1-4-17(10(2)3)13(18)9-16-14(19)11-5-7-12(15)8-6-11/h5-8,10H,4,9,15H2,1-3H3,(H,16,19). The molecule has 1 aromatic rings. The number of likely N-dealkylation sites (N-methyl/N-ethyl adjacent to an activating group) is 1. The highest BCUT2D eigenvalue weighted by Crippen LogP contribution is 2.05. The predicted molar refractivity (Wildman–Crippen MR) is 75.7 cm³/mol. The van der Waals surface area contributed by atoms with Gasteiger partial charge in [0.25, 0.3) is 5.91 Å². The van der Waals surface area contributed by atoms with E-state index in [1.165, 1.54) is 0 Å². The van der Waals surface area contributed by atoms with Gasteiger partial charge in [-0.1, -0.05) is 0 Å². The van der Waals surface area contributed by atoms with Crippen molar-refractivity contribution in [2.75, 3.05) is 18.8 Å². The van der Waals surface area contributed by atoms with Crippen LogP contribution >= 0.6 is 0 Å². The number of nitrogens with zero attached hydrogens (tertiary/aromatic N) is 1. The summed E-state index contributed by atoms with van der Waals surface area (Å²) < 4.78 is 0. The number of amides is 2. The van der Waals surface area contributed by atoms with Crippen molar-refractivity contribution in [3.8, 4) is 0 Å².